The second-order valence-electron chi connectivity index (χ2n) is 5.74. The lowest BCUT2D eigenvalue weighted by atomic mass is 10.2. The molecule has 0 aliphatic rings. The Hall–Kier alpha value is -3.29. The number of ether oxygens (including phenoxy) is 1. The van der Waals surface area contributed by atoms with Gasteiger partial charge in [-0.15, -0.1) is 0 Å². The van der Waals surface area contributed by atoms with Gasteiger partial charge in [-0.2, -0.15) is 18.3 Å². The third-order valence-corrected chi connectivity index (χ3v) is 3.62. The van der Waals surface area contributed by atoms with Crippen molar-refractivity contribution in [1.82, 2.24) is 9.78 Å². The maximum absolute atomic E-state index is 12.5. The number of benzene rings is 2. The van der Waals surface area contributed by atoms with E-state index in [0.29, 0.717) is 18.0 Å². The van der Waals surface area contributed by atoms with Crippen LogP contribution in [0.4, 0.5) is 18.9 Å². The zero-order valence-electron chi connectivity index (χ0n) is 14.1. The average Bonchev–Trinajstić information content (AvgIpc) is 3.11. The second kappa shape index (κ2) is 7.94. The third kappa shape index (κ3) is 5.34. The number of halogens is 3. The van der Waals surface area contributed by atoms with Gasteiger partial charge in [-0.3, -0.25) is 9.48 Å². The summed E-state index contributed by atoms with van der Waals surface area (Å²) in [7, 11) is 0. The van der Waals surface area contributed by atoms with Crippen molar-refractivity contribution in [2.75, 3.05) is 5.32 Å². The standard InChI is InChI=1S/C19H16F3N3O2/c20-19(21,22)17-10-11-25(24-17)12-18(26)23-15-6-8-16(9-7-15)27-13-14-4-2-1-3-5-14/h1-11H,12-13H2,(H,23,26). The van der Waals surface area contributed by atoms with E-state index >= 15 is 0 Å². The van der Waals surface area contributed by atoms with E-state index < -0.39 is 17.8 Å². The summed E-state index contributed by atoms with van der Waals surface area (Å²) in [6, 6.07) is 17.2. The number of hydrogen-bond acceptors (Lipinski definition) is 3. The second-order valence-corrected chi connectivity index (χ2v) is 5.74. The van der Waals surface area contributed by atoms with Gasteiger partial charge in [0.05, 0.1) is 0 Å². The quantitative estimate of drug-likeness (QED) is 0.705. The minimum absolute atomic E-state index is 0.317. The molecule has 1 amide bonds. The van der Waals surface area contributed by atoms with Crippen LogP contribution < -0.4 is 10.1 Å². The van der Waals surface area contributed by atoms with Gasteiger partial charge in [0.25, 0.3) is 0 Å². The van der Waals surface area contributed by atoms with Crippen LogP contribution in [0, 0.1) is 0 Å². The zero-order valence-corrected chi connectivity index (χ0v) is 14.1. The monoisotopic (exact) mass is 375 g/mol. The van der Waals surface area contributed by atoms with Crippen LogP contribution in [0.5, 0.6) is 5.75 Å². The first-order valence-electron chi connectivity index (χ1n) is 8.07. The molecule has 0 bridgehead atoms. The summed E-state index contributed by atoms with van der Waals surface area (Å²) in [5, 5.41) is 5.94. The molecule has 0 aliphatic carbocycles. The summed E-state index contributed by atoms with van der Waals surface area (Å²) in [5.41, 5.74) is 0.512. The van der Waals surface area contributed by atoms with Crippen molar-refractivity contribution in [3.8, 4) is 5.75 Å². The fourth-order valence-electron chi connectivity index (χ4n) is 2.32. The first-order chi connectivity index (χ1) is 12.9. The molecule has 3 rings (SSSR count). The highest BCUT2D eigenvalue weighted by atomic mass is 19.4. The van der Waals surface area contributed by atoms with Gasteiger partial charge in [0.1, 0.15) is 18.9 Å². The molecule has 2 aromatic carbocycles. The number of alkyl halides is 3. The summed E-state index contributed by atoms with van der Waals surface area (Å²) in [6.07, 6.45) is -3.42. The van der Waals surface area contributed by atoms with Gasteiger partial charge >= 0.3 is 6.18 Å². The zero-order chi connectivity index (χ0) is 19.3. The van der Waals surface area contributed by atoms with Crippen LogP contribution in [0.1, 0.15) is 11.3 Å². The number of carbonyl (C=O) groups excluding carboxylic acids is 1. The molecule has 0 radical (unpaired) electrons. The molecule has 5 nitrogen and oxygen atoms in total. The highest BCUT2D eigenvalue weighted by Gasteiger charge is 2.33. The number of aromatic nitrogens is 2. The smallest absolute Gasteiger partial charge is 0.435 e. The Morgan fingerprint density at radius 2 is 1.74 bits per heavy atom. The molecule has 27 heavy (non-hydrogen) atoms. The number of nitrogens with zero attached hydrogens (tertiary/aromatic N) is 2. The van der Waals surface area contributed by atoms with Gasteiger partial charge in [-0.25, -0.2) is 0 Å². The highest BCUT2D eigenvalue weighted by Crippen LogP contribution is 2.27. The number of carbonyl (C=O) groups is 1. The molecule has 1 N–H and O–H groups in total. The van der Waals surface area contributed by atoms with Crippen LogP contribution in [0.15, 0.2) is 66.9 Å². The summed E-state index contributed by atoms with van der Waals surface area (Å²) in [4.78, 5) is 12.0. The number of hydrogen-bond donors (Lipinski definition) is 1. The van der Waals surface area contributed by atoms with Crippen LogP contribution in [0.25, 0.3) is 0 Å². The first-order valence-corrected chi connectivity index (χ1v) is 8.07. The van der Waals surface area contributed by atoms with E-state index in [-0.39, 0.29) is 6.54 Å². The Morgan fingerprint density at radius 1 is 1.04 bits per heavy atom. The Bertz CT molecular complexity index is 891. The van der Waals surface area contributed by atoms with E-state index in [9.17, 15) is 18.0 Å². The van der Waals surface area contributed by atoms with E-state index in [0.717, 1.165) is 22.5 Å². The van der Waals surface area contributed by atoms with E-state index in [1.54, 1.807) is 24.3 Å². The minimum atomic E-state index is -4.53. The molecule has 0 atom stereocenters. The van der Waals surface area contributed by atoms with Gasteiger partial charge < -0.3 is 10.1 Å². The Morgan fingerprint density at radius 3 is 2.37 bits per heavy atom. The minimum Gasteiger partial charge on any atom is -0.489 e. The molecular formula is C19H16F3N3O2. The van der Waals surface area contributed by atoms with Crippen molar-refractivity contribution in [3.05, 3.63) is 78.1 Å². The van der Waals surface area contributed by atoms with Crippen molar-refractivity contribution in [3.63, 3.8) is 0 Å². The molecule has 1 aromatic heterocycles. The summed E-state index contributed by atoms with van der Waals surface area (Å²) >= 11 is 0. The summed E-state index contributed by atoms with van der Waals surface area (Å²) in [5.74, 6) is 0.156. The van der Waals surface area contributed by atoms with E-state index in [4.69, 9.17) is 4.74 Å². The third-order valence-electron chi connectivity index (χ3n) is 3.62. The molecule has 0 saturated carbocycles. The van der Waals surface area contributed by atoms with Gasteiger partial charge in [0, 0.05) is 11.9 Å². The molecule has 0 spiro atoms. The van der Waals surface area contributed by atoms with Crippen LogP contribution in [0.2, 0.25) is 0 Å². The Labute approximate surface area is 153 Å². The van der Waals surface area contributed by atoms with Gasteiger partial charge in [0.15, 0.2) is 5.69 Å². The molecule has 0 fully saturated rings. The lowest BCUT2D eigenvalue weighted by molar-refractivity contribution is -0.141. The van der Waals surface area contributed by atoms with Crippen LogP contribution in [-0.4, -0.2) is 15.7 Å². The van der Waals surface area contributed by atoms with Gasteiger partial charge in [-0.1, -0.05) is 30.3 Å². The lowest BCUT2D eigenvalue weighted by Gasteiger charge is -2.09. The molecule has 0 unspecified atom stereocenters. The van der Waals surface area contributed by atoms with Crippen molar-refractivity contribution in [2.45, 2.75) is 19.3 Å². The fraction of sp³-hybridized carbons (Fsp3) is 0.158. The molecule has 3 aromatic rings. The molecule has 140 valence electrons. The van der Waals surface area contributed by atoms with Crippen molar-refractivity contribution in [1.29, 1.82) is 0 Å². The molecule has 8 heteroatoms. The average molecular weight is 375 g/mol. The van der Waals surface area contributed by atoms with E-state index in [1.165, 1.54) is 0 Å². The van der Waals surface area contributed by atoms with Crippen LogP contribution in [0.3, 0.4) is 0 Å². The van der Waals surface area contributed by atoms with Crippen molar-refractivity contribution >= 4 is 11.6 Å². The predicted octanol–water partition coefficient (Wildman–Crippen LogP) is 4.12. The molecule has 1 heterocycles. The largest absolute Gasteiger partial charge is 0.489 e. The molecule has 0 saturated heterocycles. The number of anilines is 1. The SMILES string of the molecule is O=C(Cn1ccc(C(F)(F)F)n1)Nc1ccc(OCc2ccccc2)cc1. The van der Waals surface area contributed by atoms with Crippen molar-refractivity contribution < 1.29 is 22.7 Å². The fourth-order valence-corrected chi connectivity index (χ4v) is 2.32. The summed E-state index contributed by atoms with van der Waals surface area (Å²) in [6.45, 7) is 0.107. The van der Waals surface area contributed by atoms with Crippen LogP contribution >= 0.6 is 0 Å². The topological polar surface area (TPSA) is 56.2 Å². The van der Waals surface area contributed by atoms with E-state index in [2.05, 4.69) is 10.4 Å². The normalized spacial score (nSPS) is 11.2. The lowest BCUT2D eigenvalue weighted by Crippen LogP contribution is -2.19. The predicted molar refractivity (Wildman–Crippen MR) is 93.1 cm³/mol. The highest BCUT2D eigenvalue weighted by molar-refractivity contribution is 5.90. The first kappa shape index (κ1) is 18.5. The Balaban J connectivity index is 1.51. The van der Waals surface area contributed by atoms with E-state index in [1.807, 2.05) is 30.3 Å². The molecular weight excluding hydrogens is 359 g/mol. The Kier molecular flexibility index (Phi) is 5.44. The van der Waals surface area contributed by atoms with Crippen LogP contribution in [-0.2, 0) is 24.1 Å². The van der Waals surface area contributed by atoms with Gasteiger partial charge in [-0.05, 0) is 35.9 Å². The van der Waals surface area contributed by atoms with Gasteiger partial charge in [0.2, 0.25) is 5.91 Å². The maximum Gasteiger partial charge on any atom is 0.435 e. The van der Waals surface area contributed by atoms with Crippen molar-refractivity contribution in [2.24, 2.45) is 0 Å². The molecule has 0 aliphatic heterocycles. The summed E-state index contributed by atoms with van der Waals surface area (Å²) < 4.78 is 44.1. The number of nitrogens with one attached hydrogen (secondary N) is 1. The maximum atomic E-state index is 12.5. The number of amides is 1. The number of rotatable bonds is 6.